The van der Waals surface area contributed by atoms with E-state index in [1.165, 1.54) is 0 Å². The molecule has 0 spiro atoms. The lowest BCUT2D eigenvalue weighted by atomic mass is 10.0. The van der Waals surface area contributed by atoms with Crippen molar-refractivity contribution in [3.05, 3.63) is 17.8 Å². The second kappa shape index (κ2) is 6.06. The molecule has 2 heterocycles. The number of hydrogen-bond donors (Lipinski definition) is 1. The maximum absolute atomic E-state index is 5.81. The molecule has 1 N–H and O–H groups in total. The molecule has 1 aromatic heterocycles. The Hall–Kier alpha value is -0.870. The molecular weight excluding hydrogens is 240 g/mol. The second-order valence-corrected chi connectivity index (χ2v) is 6.49. The van der Waals surface area contributed by atoms with Gasteiger partial charge in [0.25, 0.3) is 0 Å². The summed E-state index contributed by atoms with van der Waals surface area (Å²) in [6.45, 7) is 10.5. The van der Waals surface area contributed by atoms with E-state index in [9.17, 15) is 0 Å². The average molecular weight is 266 g/mol. The van der Waals surface area contributed by atoms with Crippen LogP contribution in [-0.2, 0) is 11.2 Å². The zero-order valence-electron chi connectivity index (χ0n) is 12.5. The highest BCUT2D eigenvalue weighted by atomic mass is 16.5. The summed E-state index contributed by atoms with van der Waals surface area (Å²) in [5, 5.41) is 3.47. The molecule has 2 atom stereocenters. The van der Waals surface area contributed by atoms with E-state index in [2.05, 4.69) is 38.0 Å². The van der Waals surface area contributed by atoms with Crippen LogP contribution >= 0.6 is 0 Å². The van der Waals surface area contributed by atoms with Crippen molar-refractivity contribution in [2.45, 2.75) is 58.6 Å². The van der Waals surface area contributed by atoms with Gasteiger partial charge in [-0.1, -0.05) is 6.92 Å². The van der Waals surface area contributed by atoms with Gasteiger partial charge in [-0.15, -0.1) is 0 Å². The van der Waals surface area contributed by atoms with Crippen LogP contribution in [0.25, 0.3) is 0 Å². The first-order chi connectivity index (χ1) is 8.96. The third kappa shape index (κ3) is 4.32. The predicted molar refractivity (Wildman–Crippen MR) is 75.1 cm³/mol. The van der Waals surface area contributed by atoms with Gasteiger partial charge in [0.1, 0.15) is 6.10 Å². The minimum absolute atomic E-state index is 0.106. The molecule has 1 aromatic rings. The van der Waals surface area contributed by atoms with Crippen molar-refractivity contribution in [3.8, 4) is 0 Å². The Kier molecular flexibility index (Phi) is 4.63. The van der Waals surface area contributed by atoms with E-state index in [4.69, 9.17) is 9.15 Å². The lowest BCUT2D eigenvalue weighted by Crippen LogP contribution is -2.36. The maximum Gasteiger partial charge on any atom is 0.194 e. The van der Waals surface area contributed by atoms with Crippen molar-refractivity contribution in [2.24, 2.45) is 5.92 Å². The van der Waals surface area contributed by atoms with E-state index in [-0.39, 0.29) is 11.6 Å². The van der Waals surface area contributed by atoms with Crippen LogP contribution in [0.15, 0.2) is 10.6 Å². The number of rotatable bonds is 5. The van der Waals surface area contributed by atoms with Gasteiger partial charge in [-0.05, 0) is 46.1 Å². The van der Waals surface area contributed by atoms with Crippen LogP contribution in [-0.4, -0.2) is 23.7 Å². The number of nitrogens with one attached hydrogen (secondary N) is 1. The van der Waals surface area contributed by atoms with Gasteiger partial charge in [0.15, 0.2) is 11.7 Å². The van der Waals surface area contributed by atoms with Crippen LogP contribution < -0.4 is 5.32 Å². The van der Waals surface area contributed by atoms with Crippen molar-refractivity contribution in [1.29, 1.82) is 0 Å². The van der Waals surface area contributed by atoms with E-state index in [0.717, 1.165) is 44.1 Å². The lowest BCUT2D eigenvalue weighted by molar-refractivity contribution is 0.0749. The summed E-state index contributed by atoms with van der Waals surface area (Å²) in [6, 6.07) is 0. The smallest absolute Gasteiger partial charge is 0.194 e. The molecule has 0 aliphatic carbocycles. The Morgan fingerprint density at radius 1 is 1.42 bits per heavy atom. The Labute approximate surface area is 115 Å². The third-order valence-corrected chi connectivity index (χ3v) is 3.46. The van der Waals surface area contributed by atoms with Gasteiger partial charge in [-0.3, -0.25) is 0 Å². The molecule has 0 aromatic carbocycles. The molecule has 0 saturated carbocycles. The highest BCUT2D eigenvalue weighted by molar-refractivity contribution is 5.01. The Morgan fingerprint density at radius 3 is 2.84 bits per heavy atom. The monoisotopic (exact) mass is 266 g/mol. The molecule has 1 fully saturated rings. The van der Waals surface area contributed by atoms with Gasteiger partial charge in [0, 0.05) is 18.6 Å². The fourth-order valence-electron chi connectivity index (χ4n) is 2.33. The van der Waals surface area contributed by atoms with Crippen LogP contribution in [0.5, 0.6) is 0 Å². The minimum atomic E-state index is 0.106. The summed E-state index contributed by atoms with van der Waals surface area (Å²) >= 11 is 0. The molecule has 4 heteroatoms. The first kappa shape index (κ1) is 14.5. The van der Waals surface area contributed by atoms with E-state index < -0.39 is 0 Å². The van der Waals surface area contributed by atoms with Crippen LogP contribution in [0.1, 0.15) is 58.3 Å². The summed E-state index contributed by atoms with van der Waals surface area (Å²) in [6.07, 6.45) is 4.96. The molecule has 4 nitrogen and oxygen atoms in total. The highest BCUT2D eigenvalue weighted by Crippen LogP contribution is 2.34. The van der Waals surface area contributed by atoms with Crippen molar-refractivity contribution in [2.75, 3.05) is 13.2 Å². The van der Waals surface area contributed by atoms with Crippen LogP contribution in [0, 0.1) is 5.92 Å². The quantitative estimate of drug-likeness (QED) is 0.832. The van der Waals surface area contributed by atoms with Gasteiger partial charge in [0.2, 0.25) is 0 Å². The van der Waals surface area contributed by atoms with E-state index in [1.807, 2.05) is 6.20 Å². The van der Waals surface area contributed by atoms with Crippen molar-refractivity contribution in [3.63, 3.8) is 0 Å². The third-order valence-electron chi connectivity index (χ3n) is 3.46. The van der Waals surface area contributed by atoms with Crippen molar-refractivity contribution in [1.82, 2.24) is 10.3 Å². The highest BCUT2D eigenvalue weighted by Gasteiger charge is 2.28. The number of hydrogen-bond acceptors (Lipinski definition) is 4. The van der Waals surface area contributed by atoms with Gasteiger partial charge in [0.05, 0.1) is 6.20 Å². The molecule has 1 aliphatic heterocycles. The Morgan fingerprint density at radius 2 is 2.21 bits per heavy atom. The maximum atomic E-state index is 5.81. The van der Waals surface area contributed by atoms with Crippen LogP contribution in [0.3, 0.4) is 0 Å². The average Bonchev–Trinajstić information content (AvgIpc) is 2.91. The summed E-state index contributed by atoms with van der Waals surface area (Å²) in [7, 11) is 0. The molecule has 2 unspecified atom stereocenters. The second-order valence-electron chi connectivity index (χ2n) is 6.49. The number of ether oxygens (including phenoxy) is 1. The molecule has 0 amide bonds. The largest absolute Gasteiger partial charge is 0.443 e. The standard InChI is InChI=1S/C15H26N2O2/c1-11-7-9-18-14(11)12-10-16-13(19-12)6-5-8-17-15(2,3)4/h10-11,14,17H,5-9H2,1-4H3. The first-order valence-electron chi connectivity index (χ1n) is 7.27. The summed E-state index contributed by atoms with van der Waals surface area (Å²) < 4.78 is 11.5. The molecule has 1 saturated heterocycles. The molecule has 0 bridgehead atoms. The zero-order valence-corrected chi connectivity index (χ0v) is 12.5. The van der Waals surface area contributed by atoms with Gasteiger partial charge >= 0.3 is 0 Å². The summed E-state index contributed by atoms with van der Waals surface area (Å²) in [5.74, 6) is 2.25. The summed E-state index contributed by atoms with van der Waals surface area (Å²) in [5.41, 5.74) is 0.175. The van der Waals surface area contributed by atoms with Crippen molar-refractivity contribution >= 4 is 0 Å². The number of aryl methyl sites for hydroxylation is 1. The fraction of sp³-hybridized carbons (Fsp3) is 0.800. The van der Waals surface area contributed by atoms with Gasteiger partial charge in [-0.2, -0.15) is 0 Å². The van der Waals surface area contributed by atoms with Crippen LogP contribution in [0.4, 0.5) is 0 Å². The Balaban J connectivity index is 1.78. The first-order valence-corrected chi connectivity index (χ1v) is 7.27. The number of oxazole rings is 1. The predicted octanol–water partition coefficient (Wildman–Crippen LogP) is 3.09. The SMILES string of the molecule is CC1CCOC1c1cnc(CCCNC(C)(C)C)o1. The summed E-state index contributed by atoms with van der Waals surface area (Å²) in [4.78, 5) is 4.35. The van der Waals surface area contributed by atoms with E-state index in [1.54, 1.807) is 0 Å². The Bertz CT molecular complexity index is 395. The molecule has 2 rings (SSSR count). The van der Waals surface area contributed by atoms with Crippen LogP contribution in [0.2, 0.25) is 0 Å². The fourth-order valence-corrected chi connectivity index (χ4v) is 2.33. The van der Waals surface area contributed by atoms with E-state index in [0.29, 0.717) is 5.92 Å². The molecule has 1 aliphatic rings. The normalized spacial score (nSPS) is 24.0. The lowest BCUT2D eigenvalue weighted by Gasteiger charge is -2.20. The number of nitrogens with zero attached hydrogens (tertiary/aromatic N) is 1. The minimum Gasteiger partial charge on any atom is -0.443 e. The topological polar surface area (TPSA) is 47.3 Å². The van der Waals surface area contributed by atoms with Crippen molar-refractivity contribution < 1.29 is 9.15 Å². The number of aromatic nitrogens is 1. The van der Waals surface area contributed by atoms with E-state index >= 15 is 0 Å². The molecule has 108 valence electrons. The molecule has 0 radical (unpaired) electrons. The zero-order chi connectivity index (χ0) is 13.9. The molecular formula is C15H26N2O2. The molecule has 19 heavy (non-hydrogen) atoms. The van der Waals surface area contributed by atoms with Gasteiger partial charge in [-0.25, -0.2) is 4.98 Å². The van der Waals surface area contributed by atoms with Gasteiger partial charge < -0.3 is 14.5 Å².